The molecule has 4 rings (SSSR count). The number of thiazole rings is 1. The van der Waals surface area contributed by atoms with E-state index in [1.807, 2.05) is 12.1 Å². The third kappa shape index (κ3) is 3.53. The molecule has 0 saturated carbocycles. The van der Waals surface area contributed by atoms with Crippen molar-refractivity contribution in [2.75, 3.05) is 12.4 Å². The Morgan fingerprint density at radius 2 is 2.00 bits per heavy atom. The molecule has 0 bridgehead atoms. The summed E-state index contributed by atoms with van der Waals surface area (Å²) in [6.07, 6.45) is 0. The number of rotatable bonds is 4. The SMILES string of the molecule is COc1ccc2c(Cl)c(C(=O)Nc3nc(-c4ccc(F)cc4)cs3)sc2c1. The van der Waals surface area contributed by atoms with Crippen LogP contribution < -0.4 is 10.1 Å². The smallest absolute Gasteiger partial charge is 0.269 e. The minimum Gasteiger partial charge on any atom is -0.497 e. The molecule has 2 aromatic carbocycles. The molecule has 0 atom stereocenters. The van der Waals surface area contributed by atoms with Crippen molar-refractivity contribution in [3.63, 3.8) is 0 Å². The molecular weight excluding hydrogens is 407 g/mol. The van der Waals surface area contributed by atoms with Gasteiger partial charge in [-0.25, -0.2) is 9.37 Å². The summed E-state index contributed by atoms with van der Waals surface area (Å²) in [6, 6.07) is 11.5. The first-order valence-electron chi connectivity index (χ1n) is 7.84. The predicted octanol–water partition coefficient (Wildman–Crippen LogP) is 6.08. The topological polar surface area (TPSA) is 51.2 Å². The Balaban J connectivity index is 1.58. The summed E-state index contributed by atoms with van der Waals surface area (Å²) in [5.74, 6) is 0.0787. The Hall–Kier alpha value is -2.48. The molecule has 0 aliphatic carbocycles. The van der Waals surface area contributed by atoms with E-state index in [9.17, 15) is 9.18 Å². The van der Waals surface area contributed by atoms with Gasteiger partial charge in [-0.2, -0.15) is 0 Å². The van der Waals surface area contributed by atoms with Gasteiger partial charge in [0.15, 0.2) is 5.13 Å². The van der Waals surface area contributed by atoms with E-state index in [1.165, 1.54) is 34.8 Å². The fraction of sp³-hybridized carbons (Fsp3) is 0.0526. The second-order valence-electron chi connectivity index (χ2n) is 5.61. The van der Waals surface area contributed by atoms with Gasteiger partial charge in [-0.05, 0) is 42.5 Å². The number of amides is 1. The van der Waals surface area contributed by atoms with Crippen LogP contribution in [-0.2, 0) is 0 Å². The summed E-state index contributed by atoms with van der Waals surface area (Å²) in [7, 11) is 1.59. The lowest BCUT2D eigenvalue weighted by Crippen LogP contribution is -2.10. The van der Waals surface area contributed by atoms with Gasteiger partial charge in [0.05, 0.1) is 17.8 Å². The van der Waals surface area contributed by atoms with E-state index in [0.717, 1.165) is 15.6 Å². The van der Waals surface area contributed by atoms with Crippen LogP contribution >= 0.6 is 34.3 Å². The van der Waals surface area contributed by atoms with Gasteiger partial charge in [-0.1, -0.05) is 11.6 Å². The van der Waals surface area contributed by atoms with Crippen molar-refractivity contribution >= 4 is 55.4 Å². The second kappa shape index (κ2) is 7.26. The minimum absolute atomic E-state index is 0.307. The van der Waals surface area contributed by atoms with Crippen LogP contribution in [-0.4, -0.2) is 18.0 Å². The van der Waals surface area contributed by atoms with Gasteiger partial charge in [0, 0.05) is 21.0 Å². The lowest BCUT2D eigenvalue weighted by atomic mass is 10.2. The molecule has 0 spiro atoms. The number of ether oxygens (including phenoxy) is 1. The van der Waals surface area contributed by atoms with E-state index in [-0.39, 0.29) is 11.7 Å². The number of thiophene rings is 1. The minimum atomic E-state index is -0.319. The lowest BCUT2D eigenvalue weighted by molar-refractivity contribution is 0.103. The van der Waals surface area contributed by atoms with Crippen LogP contribution in [0.15, 0.2) is 47.8 Å². The summed E-state index contributed by atoms with van der Waals surface area (Å²) in [6.45, 7) is 0. The number of nitrogens with one attached hydrogen (secondary N) is 1. The highest BCUT2D eigenvalue weighted by molar-refractivity contribution is 7.22. The zero-order chi connectivity index (χ0) is 19.0. The summed E-state index contributed by atoms with van der Waals surface area (Å²) in [5, 5.41) is 6.25. The number of carbonyl (C=O) groups is 1. The maximum Gasteiger partial charge on any atom is 0.269 e. The fourth-order valence-electron chi connectivity index (χ4n) is 2.56. The summed E-state index contributed by atoms with van der Waals surface area (Å²) in [4.78, 5) is 17.5. The summed E-state index contributed by atoms with van der Waals surface area (Å²) >= 11 is 8.98. The molecular formula is C19H12ClFN2O2S2. The van der Waals surface area contributed by atoms with E-state index in [4.69, 9.17) is 16.3 Å². The highest BCUT2D eigenvalue weighted by Crippen LogP contribution is 2.38. The Morgan fingerprint density at radius 3 is 2.74 bits per heavy atom. The van der Waals surface area contributed by atoms with Gasteiger partial charge in [0.25, 0.3) is 5.91 Å². The van der Waals surface area contributed by atoms with Crippen LogP contribution in [0.3, 0.4) is 0 Å². The van der Waals surface area contributed by atoms with Crippen molar-refractivity contribution in [3.05, 3.63) is 63.6 Å². The molecule has 1 N–H and O–H groups in total. The Kier molecular flexibility index (Phi) is 4.82. The van der Waals surface area contributed by atoms with Crippen molar-refractivity contribution in [3.8, 4) is 17.0 Å². The first kappa shape index (κ1) is 17.9. The van der Waals surface area contributed by atoms with Crippen LogP contribution in [0.4, 0.5) is 9.52 Å². The summed E-state index contributed by atoms with van der Waals surface area (Å²) in [5.41, 5.74) is 1.45. The van der Waals surface area contributed by atoms with E-state index in [0.29, 0.717) is 26.5 Å². The molecule has 0 aliphatic heterocycles. The average Bonchev–Trinajstić information content (AvgIpc) is 3.26. The summed E-state index contributed by atoms with van der Waals surface area (Å²) < 4.78 is 19.1. The standard InChI is InChI=1S/C19H12ClFN2O2S2/c1-25-12-6-7-13-15(8-12)27-17(16(13)20)18(24)23-19-22-14(9-26-19)10-2-4-11(21)5-3-10/h2-9H,1H3,(H,22,23,24). The normalized spacial score (nSPS) is 10.9. The first-order valence-corrected chi connectivity index (χ1v) is 9.91. The van der Waals surface area contributed by atoms with Gasteiger partial charge >= 0.3 is 0 Å². The average molecular weight is 419 g/mol. The van der Waals surface area contributed by atoms with Crippen LogP contribution in [0.25, 0.3) is 21.3 Å². The number of halogens is 2. The number of methoxy groups -OCH3 is 1. The molecule has 4 nitrogen and oxygen atoms in total. The maximum atomic E-state index is 13.0. The number of benzene rings is 2. The number of hydrogen-bond donors (Lipinski definition) is 1. The zero-order valence-corrected chi connectivity index (χ0v) is 16.3. The van der Waals surface area contributed by atoms with Crippen molar-refractivity contribution in [2.24, 2.45) is 0 Å². The molecule has 0 saturated heterocycles. The van der Waals surface area contributed by atoms with Gasteiger partial charge in [-0.3, -0.25) is 10.1 Å². The molecule has 27 heavy (non-hydrogen) atoms. The Bertz CT molecular complexity index is 1140. The number of anilines is 1. The lowest BCUT2D eigenvalue weighted by Gasteiger charge is -2.00. The molecule has 0 unspecified atom stereocenters. The second-order valence-corrected chi connectivity index (χ2v) is 7.89. The van der Waals surface area contributed by atoms with E-state index < -0.39 is 0 Å². The van der Waals surface area contributed by atoms with E-state index in [2.05, 4.69) is 10.3 Å². The molecule has 0 aliphatic rings. The third-order valence-electron chi connectivity index (χ3n) is 3.91. The van der Waals surface area contributed by atoms with Gasteiger partial charge in [-0.15, -0.1) is 22.7 Å². The molecule has 0 radical (unpaired) electrons. The molecule has 1 amide bonds. The Morgan fingerprint density at radius 1 is 1.22 bits per heavy atom. The Labute approximate surface area is 167 Å². The van der Waals surface area contributed by atoms with Crippen molar-refractivity contribution in [1.29, 1.82) is 0 Å². The van der Waals surface area contributed by atoms with Crippen LogP contribution in [0.5, 0.6) is 5.75 Å². The van der Waals surface area contributed by atoms with Crippen molar-refractivity contribution in [2.45, 2.75) is 0 Å². The largest absolute Gasteiger partial charge is 0.497 e. The fourth-order valence-corrected chi connectivity index (χ4v) is 4.71. The number of fused-ring (bicyclic) bond motifs is 1. The van der Waals surface area contributed by atoms with Crippen LogP contribution in [0.2, 0.25) is 5.02 Å². The van der Waals surface area contributed by atoms with Gasteiger partial charge in [0.1, 0.15) is 16.4 Å². The van der Waals surface area contributed by atoms with Crippen LogP contribution in [0.1, 0.15) is 9.67 Å². The zero-order valence-electron chi connectivity index (χ0n) is 14.0. The highest BCUT2D eigenvalue weighted by atomic mass is 35.5. The molecule has 2 aromatic heterocycles. The number of carbonyl (C=O) groups excluding carboxylic acids is 1. The molecule has 4 aromatic rings. The van der Waals surface area contributed by atoms with E-state index in [1.54, 1.807) is 30.7 Å². The monoisotopic (exact) mass is 418 g/mol. The maximum absolute atomic E-state index is 13.0. The molecule has 2 heterocycles. The molecule has 8 heteroatoms. The predicted molar refractivity (Wildman–Crippen MR) is 109 cm³/mol. The number of hydrogen-bond acceptors (Lipinski definition) is 5. The quantitative estimate of drug-likeness (QED) is 0.437. The van der Waals surface area contributed by atoms with Crippen LogP contribution in [0, 0.1) is 5.82 Å². The number of aromatic nitrogens is 1. The van der Waals surface area contributed by atoms with Crippen molar-refractivity contribution in [1.82, 2.24) is 4.98 Å². The van der Waals surface area contributed by atoms with E-state index >= 15 is 0 Å². The van der Waals surface area contributed by atoms with Gasteiger partial charge < -0.3 is 4.74 Å². The van der Waals surface area contributed by atoms with Crippen molar-refractivity contribution < 1.29 is 13.9 Å². The highest BCUT2D eigenvalue weighted by Gasteiger charge is 2.19. The first-order chi connectivity index (χ1) is 13.0. The number of nitrogens with zero attached hydrogens (tertiary/aromatic N) is 1. The molecule has 136 valence electrons. The van der Waals surface area contributed by atoms with Gasteiger partial charge in [0.2, 0.25) is 0 Å². The molecule has 0 fully saturated rings. The third-order valence-corrected chi connectivity index (χ3v) is 6.32.